The third-order valence-corrected chi connectivity index (χ3v) is 3.52. The summed E-state index contributed by atoms with van der Waals surface area (Å²) >= 11 is 5.30. The van der Waals surface area contributed by atoms with E-state index in [1.807, 2.05) is 35.3 Å². The molecular weight excluding hydrogens is 775 g/mol. The van der Waals surface area contributed by atoms with Gasteiger partial charge >= 0.3 is 49.9 Å². The molecule has 0 bridgehead atoms. The van der Waals surface area contributed by atoms with E-state index in [4.69, 9.17) is 31.3 Å². The normalized spacial score (nSPS) is 17.2. The van der Waals surface area contributed by atoms with Crippen molar-refractivity contribution in [2.45, 2.75) is 31.0 Å². The number of halogens is 2. The molecule has 1 heterocycles. The summed E-state index contributed by atoms with van der Waals surface area (Å²) < 4.78 is 0. The Labute approximate surface area is 195 Å². The fourth-order valence-electron chi connectivity index (χ4n) is 2.02. The van der Waals surface area contributed by atoms with Gasteiger partial charge in [0.1, 0.15) is 18.3 Å². The topological polar surface area (TPSA) is 134 Å². The number of rotatable bonds is 7. The van der Waals surface area contributed by atoms with Crippen LogP contribution in [0.1, 0.15) is 5.56 Å². The van der Waals surface area contributed by atoms with Crippen molar-refractivity contribution in [3.05, 3.63) is 55.0 Å². The Morgan fingerprint density at radius 1 is 1.04 bits per heavy atom. The van der Waals surface area contributed by atoms with Gasteiger partial charge in [-0.2, -0.15) is 0 Å². The molecular formula is C17H27I2N3O5Pt. The predicted octanol–water partition coefficient (Wildman–Crippen LogP) is 0.0514. The zero-order valence-electron chi connectivity index (χ0n) is 15.3. The second kappa shape index (κ2) is 17.2. The molecule has 28 heavy (non-hydrogen) atoms. The first-order valence-electron chi connectivity index (χ1n) is 8.14. The van der Waals surface area contributed by atoms with Crippen LogP contribution in [0, 0.1) is 6.67 Å². The molecule has 1 aromatic carbocycles. The summed E-state index contributed by atoms with van der Waals surface area (Å²) in [5.74, 6) is 0. The molecule has 0 spiro atoms. The van der Waals surface area contributed by atoms with Gasteiger partial charge in [0.05, 0.1) is 12.7 Å². The molecule has 0 fully saturated rings. The van der Waals surface area contributed by atoms with Crippen LogP contribution in [-0.4, -0.2) is 79.9 Å². The first-order valence-corrected chi connectivity index (χ1v) is 21.0. The molecule has 0 unspecified atom stereocenters. The van der Waals surface area contributed by atoms with Gasteiger partial charge in [0.2, 0.25) is 6.67 Å². The van der Waals surface area contributed by atoms with Gasteiger partial charge in [0.25, 0.3) is 0 Å². The number of nitrogens with zero attached hydrogens (tertiary/aromatic N) is 2. The van der Waals surface area contributed by atoms with Crippen LogP contribution in [0.3, 0.4) is 0 Å². The number of aliphatic hydroxyl groups excluding tert-OH is 5. The fraction of sp³-hybridized carbons (Fsp3) is 0.471. The zero-order chi connectivity index (χ0) is 21.5. The molecule has 0 saturated heterocycles. The Bertz CT molecular complexity index is 519. The van der Waals surface area contributed by atoms with Crippen molar-refractivity contribution >= 4 is 38.7 Å². The third kappa shape index (κ3) is 12.2. The molecule has 7 N–H and O–H groups in total. The molecule has 0 amide bonds. The number of nitrogens with two attached hydrogens (primary N) is 1. The quantitative estimate of drug-likeness (QED) is 0.214. The molecule has 2 radical (unpaired) electrons. The first kappa shape index (κ1) is 28.5. The van der Waals surface area contributed by atoms with Gasteiger partial charge in [-0.1, -0.05) is 30.3 Å². The van der Waals surface area contributed by atoms with Crippen molar-refractivity contribution in [1.29, 1.82) is 0 Å². The molecule has 164 valence electrons. The summed E-state index contributed by atoms with van der Waals surface area (Å²) in [7, 11) is 1.97. The van der Waals surface area contributed by atoms with Gasteiger partial charge < -0.3 is 41.1 Å². The van der Waals surface area contributed by atoms with Crippen molar-refractivity contribution in [2.24, 2.45) is 5.73 Å². The molecule has 1 aromatic rings. The van der Waals surface area contributed by atoms with E-state index in [2.05, 4.69) is 69.6 Å². The third-order valence-electron chi connectivity index (χ3n) is 3.52. The number of hydrogen-bond acceptors (Lipinski definition) is 8. The maximum atomic E-state index is 9.04. The van der Waals surface area contributed by atoms with Crippen LogP contribution in [0.25, 0.3) is 0 Å². The molecule has 4 atom stereocenters. The van der Waals surface area contributed by atoms with Crippen LogP contribution in [-0.2, 0) is 17.7 Å². The number of hydrogen-bond donors (Lipinski definition) is 6. The Kier molecular flexibility index (Phi) is 17.5. The summed E-state index contributed by atoms with van der Waals surface area (Å²) in [4.78, 5) is 3.96. The Morgan fingerprint density at radius 3 is 2.00 bits per heavy atom. The summed E-state index contributed by atoms with van der Waals surface area (Å²) in [5.41, 5.74) is 6.29. The van der Waals surface area contributed by atoms with Gasteiger partial charge in [-0.3, -0.25) is 0 Å². The van der Waals surface area contributed by atoms with E-state index in [-0.39, 0.29) is 6.54 Å². The van der Waals surface area contributed by atoms with Crippen molar-refractivity contribution in [3.8, 4) is 0 Å². The molecule has 0 aliphatic carbocycles. The molecule has 1 aliphatic heterocycles. The van der Waals surface area contributed by atoms with Crippen molar-refractivity contribution in [1.82, 2.24) is 9.80 Å². The Hall–Kier alpha value is 0.468. The van der Waals surface area contributed by atoms with Crippen LogP contribution in [0.5, 0.6) is 0 Å². The second-order valence-corrected chi connectivity index (χ2v) is 22.3. The van der Waals surface area contributed by atoms with Crippen LogP contribution in [0.4, 0.5) is 0 Å². The maximum absolute atomic E-state index is 9.04. The summed E-state index contributed by atoms with van der Waals surface area (Å²) in [6.45, 7) is 3.14. The molecule has 0 aromatic heterocycles. The van der Waals surface area contributed by atoms with Crippen LogP contribution < -0.4 is 5.73 Å². The minimum absolute atomic E-state index is 0.226. The van der Waals surface area contributed by atoms with E-state index >= 15 is 0 Å². The number of aliphatic hydroxyl groups is 5. The first-order chi connectivity index (χ1) is 13.3. The van der Waals surface area contributed by atoms with E-state index in [0.717, 1.165) is 6.54 Å². The van der Waals surface area contributed by atoms with E-state index in [9.17, 15) is 0 Å². The average Bonchev–Trinajstić information content (AvgIpc) is 3.12. The monoisotopic (exact) mass is 802 g/mol. The standard InChI is InChI=1S/C11H12N2.C6H15NO5.2HI.Pt/c1-12-7-8-13(10-12)9-11-5-3-2-4-6-11;7-1-3(9)5(11)6(12)4(10)2-8;;;/h2-8H,9H2,1H3;3-6,8-12H,1-2,7H2;2*1H;/q;;;;+2/p-2/t;3-,4+,5+,6+;;;/m.0.../s1. The van der Waals surface area contributed by atoms with E-state index < -0.39 is 31.0 Å². The van der Waals surface area contributed by atoms with Crippen molar-refractivity contribution in [3.63, 3.8) is 0 Å². The molecule has 11 heteroatoms. The molecule has 8 nitrogen and oxygen atoms in total. The van der Waals surface area contributed by atoms with Gasteiger partial charge in [0, 0.05) is 32.5 Å². The Morgan fingerprint density at radius 2 is 1.57 bits per heavy atom. The Balaban J connectivity index is 0.000000459. The summed E-state index contributed by atoms with van der Waals surface area (Å²) in [6.07, 6.45) is -1.90. The summed E-state index contributed by atoms with van der Waals surface area (Å²) in [5, 5.41) is 44.2. The average molecular weight is 802 g/mol. The molecule has 1 aliphatic rings. The van der Waals surface area contributed by atoms with E-state index in [1.54, 1.807) is 0 Å². The second-order valence-electron chi connectivity index (χ2n) is 5.70. The van der Waals surface area contributed by atoms with Gasteiger partial charge in [-0.25, -0.2) is 0 Å². The molecule has 0 saturated carbocycles. The van der Waals surface area contributed by atoms with Gasteiger partial charge in [-0.15, -0.1) is 0 Å². The van der Waals surface area contributed by atoms with Crippen LogP contribution in [0.2, 0.25) is 0 Å². The molecule has 2 rings (SSSR count). The van der Waals surface area contributed by atoms with Gasteiger partial charge in [-0.05, 0) is 5.56 Å². The van der Waals surface area contributed by atoms with E-state index in [0.29, 0.717) is 11.2 Å². The zero-order valence-corrected chi connectivity index (χ0v) is 21.8. The van der Waals surface area contributed by atoms with Crippen molar-refractivity contribution in [2.75, 3.05) is 20.2 Å². The number of benzene rings is 1. The van der Waals surface area contributed by atoms with Crippen molar-refractivity contribution < 1.29 is 36.7 Å². The summed E-state index contributed by atoms with van der Waals surface area (Å²) in [6, 6.07) is 10.4. The van der Waals surface area contributed by atoms with Crippen LogP contribution >= 0.6 is 38.7 Å². The fourth-order valence-corrected chi connectivity index (χ4v) is 2.02. The van der Waals surface area contributed by atoms with Crippen LogP contribution in [0.15, 0.2) is 42.7 Å². The van der Waals surface area contributed by atoms with Gasteiger partial charge in [0.15, 0.2) is 0 Å². The minimum atomic E-state index is -1.59. The SMILES string of the molecule is CN1[C]N(Cc2ccccc2)C=C1.NC[C@H](O)[C@@H](O)[C@H](O)[C@H](O)CO.[I][Pt][I]. The predicted molar refractivity (Wildman–Crippen MR) is 120 cm³/mol. The van der Waals surface area contributed by atoms with E-state index in [1.165, 1.54) is 5.56 Å².